The van der Waals surface area contributed by atoms with E-state index >= 15 is 0 Å². The first kappa shape index (κ1) is 13.0. The van der Waals surface area contributed by atoms with Crippen molar-refractivity contribution in [2.75, 3.05) is 7.11 Å². The molecule has 18 heavy (non-hydrogen) atoms. The molecule has 1 heterocycles. The molecule has 3 nitrogen and oxygen atoms in total. The summed E-state index contributed by atoms with van der Waals surface area (Å²) in [5.41, 5.74) is 1.88. The first-order valence-corrected chi connectivity index (χ1v) is 6.38. The molecule has 0 aliphatic heterocycles. The summed E-state index contributed by atoms with van der Waals surface area (Å²) in [5.74, 6) is 1.15. The fourth-order valence-electron chi connectivity index (χ4n) is 1.82. The Morgan fingerprint density at radius 3 is 2.78 bits per heavy atom. The van der Waals surface area contributed by atoms with E-state index in [1.807, 2.05) is 24.3 Å². The number of nitrogens with zero attached hydrogens (tertiary/aromatic N) is 1. The fourth-order valence-corrected chi connectivity index (χ4v) is 2.02. The summed E-state index contributed by atoms with van der Waals surface area (Å²) in [4.78, 5) is 4.46. The zero-order chi connectivity index (χ0) is 13.0. The van der Waals surface area contributed by atoms with Gasteiger partial charge in [-0.15, -0.1) is 0 Å². The van der Waals surface area contributed by atoms with E-state index < -0.39 is 0 Å². The quantitative estimate of drug-likeness (QED) is 0.823. The second-order valence-corrected chi connectivity index (χ2v) is 4.47. The van der Waals surface area contributed by atoms with E-state index in [1.165, 1.54) is 0 Å². The minimum atomic E-state index is 0.513. The van der Waals surface area contributed by atoms with Crippen molar-refractivity contribution < 1.29 is 9.15 Å². The normalized spacial score (nSPS) is 10.6. The number of hydrogen-bond acceptors (Lipinski definition) is 3. The van der Waals surface area contributed by atoms with E-state index in [1.54, 1.807) is 7.11 Å². The number of benzene rings is 1. The maximum Gasteiger partial charge on any atom is 0.308 e. The number of ether oxygens (including phenoxy) is 1. The largest absolute Gasteiger partial charge is 0.467 e. The van der Waals surface area contributed by atoms with Gasteiger partial charge in [0, 0.05) is 5.02 Å². The van der Waals surface area contributed by atoms with Crippen molar-refractivity contribution in [1.29, 1.82) is 0 Å². The lowest BCUT2D eigenvalue weighted by atomic mass is 10.1. The molecule has 0 fully saturated rings. The summed E-state index contributed by atoms with van der Waals surface area (Å²) in [6.45, 7) is 2.10. The Bertz CT molecular complexity index is 522. The minimum absolute atomic E-state index is 0.513. The average molecular weight is 266 g/mol. The number of oxazole rings is 1. The van der Waals surface area contributed by atoms with Crippen molar-refractivity contribution in [1.82, 2.24) is 4.98 Å². The van der Waals surface area contributed by atoms with E-state index in [0.29, 0.717) is 18.3 Å². The molecule has 4 heteroatoms. The number of rotatable bonds is 5. The monoisotopic (exact) mass is 265 g/mol. The molecule has 0 spiro atoms. The Kier molecular flexibility index (Phi) is 4.26. The van der Waals surface area contributed by atoms with E-state index in [-0.39, 0.29) is 0 Å². The van der Waals surface area contributed by atoms with Crippen LogP contribution in [0.3, 0.4) is 0 Å². The number of hydrogen-bond donors (Lipinski definition) is 0. The Labute approximate surface area is 112 Å². The Balaban J connectivity index is 2.22. The highest BCUT2D eigenvalue weighted by Gasteiger charge is 2.14. The topological polar surface area (TPSA) is 35.3 Å². The van der Waals surface area contributed by atoms with Gasteiger partial charge in [-0.05, 0) is 18.1 Å². The van der Waals surface area contributed by atoms with Gasteiger partial charge in [0.1, 0.15) is 5.69 Å². The molecule has 0 saturated carbocycles. The molecule has 1 aromatic carbocycles. The van der Waals surface area contributed by atoms with Gasteiger partial charge in [-0.1, -0.05) is 43.1 Å². The number of aromatic nitrogens is 1. The zero-order valence-corrected chi connectivity index (χ0v) is 11.3. The molecule has 1 aromatic heterocycles. The van der Waals surface area contributed by atoms with E-state index in [2.05, 4.69) is 11.9 Å². The molecule has 0 radical (unpaired) electrons. The molecule has 0 amide bonds. The predicted molar refractivity (Wildman–Crippen MR) is 71.3 cm³/mol. The minimum Gasteiger partial charge on any atom is -0.467 e. The first-order valence-electron chi connectivity index (χ1n) is 6.00. The van der Waals surface area contributed by atoms with Crippen LogP contribution in [0.2, 0.25) is 5.02 Å². The maximum atomic E-state index is 6.12. The van der Waals surface area contributed by atoms with E-state index in [0.717, 1.165) is 29.1 Å². The molecule has 0 bridgehead atoms. The van der Waals surface area contributed by atoms with E-state index in [9.17, 15) is 0 Å². The number of aryl methyl sites for hydroxylation is 1. The zero-order valence-electron chi connectivity index (χ0n) is 10.6. The van der Waals surface area contributed by atoms with Crippen molar-refractivity contribution in [3.8, 4) is 5.95 Å². The Hall–Kier alpha value is -1.48. The molecular weight excluding hydrogens is 250 g/mol. The van der Waals surface area contributed by atoms with Crippen molar-refractivity contribution in [2.24, 2.45) is 0 Å². The van der Waals surface area contributed by atoms with Gasteiger partial charge in [-0.25, -0.2) is 4.98 Å². The van der Waals surface area contributed by atoms with Crippen LogP contribution in [0, 0.1) is 0 Å². The molecule has 0 N–H and O–H groups in total. The van der Waals surface area contributed by atoms with Gasteiger partial charge in [-0.2, -0.15) is 0 Å². The van der Waals surface area contributed by atoms with E-state index in [4.69, 9.17) is 20.8 Å². The standard InChI is InChI=1S/C14H16ClNO2/c1-3-6-12-14(17-2)18-13(16-12)9-10-7-4-5-8-11(10)15/h4-5,7-8H,3,6,9H2,1-2H3. The predicted octanol–water partition coefficient (Wildman–Crippen LogP) is 3.88. The van der Waals surface area contributed by atoms with Crippen molar-refractivity contribution >= 4 is 11.6 Å². The maximum absolute atomic E-state index is 6.12. The van der Waals surface area contributed by atoms with Crippen LogP contribution in [0.4, 0.5) is 0 Å². The third-order valence-corrected chi connectivity index (χ3v) is 3.05. The molecule has 96 valence electrons. The van der Waals surface area contributed by atoms with Crippen molar-refractivity contribution in [2.45, 2.75) is 26.2 Å². The molecule has 0 aliphatic rings. The second kappa shape index (κ2) is 5.91. The second-order valence-electron chi connectivity index (χ2n) is 4.06. The summed E-state index contributed by atoms with van der Waals surface area (Å²) in [5, 5.41) is 0.728. The van der Waals surface area contributed by atoms with Crippen LogP contribution in [-0.2, 0) is 12.8 Å². The molecule has 0 atom stereocenters. The van der Waals surface area contributed by atoms with Crippen LogP contribution in [0.15, 0.2) is 28.7 Å². The molecule has 0 saturated heterocycles. The van der Waals surface area contributed by atoms with Gasteiger partial charge in [0.05, 0.1) is 13.5 Å². The van der Waals surface area contributed by atoms with Gasteiger partial charge in [-0.3, -0.25) is 0 Å². The highest BCUT2D eigenvalue weighted by molar-refractivity contribution is 6.31. The molecule has 2 aromatic rings. The number of methoxy groups -OCH3 is 1. The summed E-state index contributed by atoms with van der Waals surface area (Å²) in [6, 6.07) is 7.70. The van der Waals surface area contributed by atoms with Crippen molar-refractivity contribution in [3.63, 3.8) is 0 Å². The van der Waals surface area contributed by atoms with Gasteiger partial charge in [0.15, 0.2) is 0 Å². The van der Waals surface area contributed by atoms with Gasteiger partial charge in [0.25, 0.3) is 0 Å². The molecular formula is C14H16ClNO2. The van der Waals surface area contributed by atoms with Crippen LogP contribution in [-0.4, -0.2) is 12.1 Å². The lowest BCUT2D eigenvalue weighted by Crippen LogP contribution is -1.91. The van der Waals surface area contributed by atoms with Crippen LogP contribution < -0.4 is 4.74 Å². The summed E-state index contributed by atoms with van der Waals surface area (Å²) in [7, 11) is 1.60. The molecule has 0 aliphatic carbocycles. The third-order valence-electron chi connectivity index (χ3n) is 2.68. The van der Waals surface area contributed by atoms with Crippen LogP contribution in [0.1, 0.15) is 30.5 Å². The summed E-state index contributed by atoms with van der Waals surface area (Å²) in [6.07, 6.45) is 2.45. The van der Waals surface area contributed by atoms with Crippen molar-refractivity contribution in [3.05, 3.63) is 46.4 Å². The summed E-state index contributed by atoms with van der Waals surface area (Å²) < 4.78 is 10.8. The average Bonchev–Trinajstić information content (AvgIpc) is 2.75. The molecule has 2 rings (SSSR count). The van der Waals surface area contributed by atoms with Gasteiger partial charge < -0.3 is 9.15 Å². The Morgan fingerprint density at radius 2 is 2.11 bits per heavy atom. The van der Waals surface area contributed by atoms with Crippen LogP contribution in [0.5, 0.6) is 5.95 Å². The smallest absolute Gasteiger partial charge is 0.308 e. The lowest BCUT2D eigenvalue weighted by molar-refractivity contribution is 0.291. The highest BCUT2D eigenvalue weighted by Crippen LogP contribution is 2.24. The summed E-state index contributed by atoms with van der Waals surface area (Å²) >= 11 is 6.12. The van der Waals surface area contributed by atoms with Gasteiger partial charge in [0.2, 0.25) is 5.89 Å². The van der Waals surface area contributed by atoms with Crippen LogP contribution in [0.25, 0.3) is 0 Å². The Morgan fingerprint density at radius 1 is 1.33 bits per heavy atom. The fraction of sp³-hybridized carbons (Fsp3) is 0.357. The molecule has 0 unspecified atom stereocenters. The van der Waals surface area contributed by atoms with Crippen LogP contribution >= 0.6 is 11.6 Å². The lowest BCUT2D eigenvalue weighted by Gasteiger charge is -1.99. The third kappa shape index (κ3) is 2.85. The number of halogens is 1. The van der Waals surface area contributed by atoms with Gasteiger partial charge >= 0.3 is 5.95 Å². The first-order chi connectivity index (χ1) is 8.74. The SMILES string of the molecule is CCCc1nc(Cc2ccccc2Cl)oc1OC. The highest BCUT2D eigenvalue weighted by atomic mass is 35.5.